The van der Waals surface area contributed by atoms with Crippen molar-refractivity contribution in [2.75, 3.05) is 0 Å². The largest absolute Gasteiger partial charge is 0.240 e. The van der Waals surface area contributed by atoms with Gasteiger partial charge in [-0.3, -0.25) is 0 Å². The van der Waals surface area contributed by atoms with Gasteiger partial charge in [-0.05, 0) is 35.7 Å². The molecule has 78 valence electrons. The summed E-state index contributed by atoms with van der Waals surface area (Å²) in [5, 5.41) is 0. The maximum Gasteiger partial charge on any atom is 0.240 e. The highest BCUT2D eigenvalue weighted by atomic mass is 16.1. The topological polar surface area (TPSA) is 29.4 Å². The molecule has 0 saturated heterocycles. The Bertz CT molecular complexity index is 540. The quantitative estimate of drug-likeness (QED) is 0.548. The molecule has 0 bridgehead atoms. The van der Waals surface area contributed by atoms with E-state index in [1.54, 1.807) is 6.08 Å². The molecule has 2 aromatic rings. The molecule has 2 rings (SSSR count). The van der Waals surface area contributed by atoms with Crippen LogP contribution in [0.15, 0.2) is 53.5 Å². The Balaban J connectivity index is 2.53. The van der Waals surface area contributed by atoms with E-state index in [0.29, 0.717) is 5.69 Å². The van der Waals surface area contributed by atoms with Gasteiger partial charge in [-0.1, -0.05) is 36.4 Å². The van der Waals surface area contributed by atoms with Gasteiger partial charge in [-0.2, -0.15) is 4.99 Å². The number of rotatable bonds is 2. The Morgan fingerprint density at radius 2 is 1.75 bits per heavy atom. The minimum atomic E-state index is 0.647. The molecule has 0 aromatic heterocycles. The average Bonchev–Trinajstić information content (AvgIpc) is 2.30. The van der Waals surface area contributed by atoms with E-state index in [9.17, 15) is 4.79 Å². The summed E-state index contributed by atoms with van der Waals surface area (Å²) >= 11 is 0. The molecule has 2 nitrogen and oxygen atoms in total. The van der Waals surface area contributed by atoms with Gasteiger partial charge in [0.05, 0.1) is 5.69 Å². The summed E-state index contributed by atoms with van der Waals surface area (Å²) in [5.74, 6) is 0. The summed E-state index contributed by atoms with van der Waals surface area (Å²) in [6.45, 7) is 1.98. The predicted octanol–water partition coefficient (Wildman–Crippen LogP) is 3.63. The zero-order valence-electron chi connectivity index (χ0n) is 8.97. The Hall–Kier alpha value is -2.18. The zero-order valence-corrected chi connectivity index (χ0v) is 8.97. The number of aryl methyl sites for hydroxylation is 1. The number of hydrogen-bond acceptors (Lipinski definition) is 2. The van der Waals surface area contributed by atoms with Crippen molar-refractivity contribution in [3.8, 4) is 11.1 Å². The van der Waals surface area contributed by atoms with E-state index in [-0.39, 0.29) is 0 Å². The molecule has 2 heteroatoms. The van der Waals surface area contributed by atoms with E-state index >= 15 is 0 Å². The summed E-state index contributed by atoms with van der Waals surface area (Å²) in [7, 11) is 0. The Kier molecular flexibility index (Phi) is 2.95. The Labute approximate surface area is 94.3 Å². The van der Waals surface area contributed by atoms with Crippen LogP contribution in [0.2, 0.25) is 0 Å². The van der Waals surface area contributed by atoms with Crippen molar-refractivity contribution in [2.45, 2.75) is 6.92 Å². The van der Waals surface area contributed by atoms with Crippen LogP contribution in [-0.2, 0) is 4.79 Å². The molecule has 0 spiro atoms. The van der Waals surface area contributed by atoms with Crippen LogP contribution < -0.4 is 0 Å². The van der Waals surface area contributed by atoms with Crippen molar-refractivity contribution < 1.29 is 4.79 Å². The fourth-order valence-corrected chi connectivity index (χ4v) is 1.68. The molecule has 0 N–H and O–H groups in total. The molecule has 0 atom stereocenters. The van der Waals surface area contributed by atoms with Crippen molar-refractivity contribution >= 4 is 11.8 Å². The van der Waals surface area contributed by atoms with Gasteiger partial charge in [0, 0.05) is 0 Å². The first-order chi connectivity index (χ1) is 7.79. The second-order valence-electron chi connectivity index (χ2n) is 3.63. The molecule has 0 aliphatic rings. The highest BCUT2D eigenvalue weighted by Gasteiger charge is 2.00. The van der Waals surface area contributed by atoms with Crippen molar-refractivity contribution in [3.05, 3.63) is 54.1 Å². The lowest BCUT2D eigenvalue weighted by atomic mass is 10.0. The molecule has 0 amide bonds. The van der Waals surface area contributed by atoms with Crippen LogP contribution in [0.3, 0.4) is 0 Å². The van der Waals surface area contributed by atoms with Gasteiger partial charge >= 0.3 is 0 Å². The van der Waals surface area contributed by atoms with Crippen molar-refractivity contribution in [2.24, 2.45) is 4.99 Å². The number of benzene rings is 2. The maximum absolute atomic E-state index is 10.2. The molecule has 0 fully saturated rings. The monoisotopic (exact) mass is 209 g/mol. The van der Waals surface area contributed by atoms with Gasteiger partial charge in [0.1, 0.15) is 0 Å². The molecule has 0 radical (unpaired) electrons. The van der Waals surface area contributed by atoms with Crippen molar-refractivity contribution in [1.82, 2.24) is 0 Å². The third-order valence-corrected chi connectivity index (χ3v) is 2.34. The summed E-state index contributed by atoms with van der Waals surface area (Å²) in [6, 6.07) is 15.8. The summed E-state index contributed by atoms with van der Waals surface area (Å²) in [6.07, 6.45) is 1.56. The molecule has 0 unspecified atom stereocenters. The van der Waals surface area contributed by atoms with Crippen LogP contribution in [-0.4, -0.2) is 6.08 Å². The SMILES string of the molecule is Cc1cc(N=C=O)cc(-c2ccccc2)c1. The van der Waals surface area contributed by atoms with Crippen molar-refractivity contribution in [3.63, 3.8) is 0 Å². The van der Waals surface area contributed by atoms with Gasteiger partial charge in [0.15, 0.2) is 0 Å². The van der Waals surface area contributed by atoms with Crippen LogP contribution in [0.1, 0.15) is 5.56 Å². The van der Waals surface area contributed by atoms with E-state index < -0.39 is 0 Å². The van der Waals surface area contributed by atoms with E-state index in [1.165, 1.54) is 0 Å². The first-order valence-electron chi connectivity index (χ1n) is 5.04. The zero-order chi connectivity index (χ0) is 11.4. The molecule has 0 aliphatic heterocycles. The van der Waals surface area contributed by atoms with E-state index in [1.807, 2.05) is 49.4 Å². The lowest BCUT2D eigenvalue weighted by Gasteiger charge is -2.04. The molecule has 0 saturated carbocycles. The third kappa shape index (κ3) is 2.25. The minimum Gasteiger partial charge on any atom is -0.211 e. The van der Waals surface area contributed by atoms with Crippen LogP contribution in [0, 0.1) is 6.92 Å². The lowest BCUT2D eigenvalue weighted by molar-refractivity contribution is 0.565. The van der Waals surface area contributed by atoms with E-state index in [0.717, 1.165) is 16.7 Å². The van der Waals surface area contributed by atoms with E-state index in [2.05, 4.69) is 11.1 Å². The molecular formula is C14H11NO. The summed E-state index contributed by atoms with van der Waals surface area (Å²) in [5.41, 5.74) is 3.91. The summed E-state index contributed by atoms with van der Waals surface area (Å²) in [4.78, 5) is 13.9. The van der Waals surface area contributed by atoms with Gasteiger partial charge in [-0.25, -0.2) is 4.79 Å². The van der Waals surface area contributed by atoms with E-state index in [4.69, 9.17) is 0 Å². The fraction of sp³-hybridized carbons (Fsp3) is 0.0714. The second kappa shape index (κ2) is 4.56. The number of nitrogens with zero attached hydrogens (tertiary/aromatic N) is 1. The van der Waals surface area contributed by atoms with Crippen LogP contribution >= 0.6 is 0 Å². The fourth-order valence-electron chi connectivity index (χ4n) is 1.68. The van der Waals surface area contributed by atoms with Gasteiger partial charge in [-0.15, -0.1) is 0 Å². The number of hydrogen-bond donors (Lipinski definition) is 0. The third-order valence-electron chi connectivity index (χ3n) is 2.34. The second-order valence-corrected chi connectivity index (χ2v) is 3.63. The molecule has 0 aliphatic carbocycles. The first kappa shape index (κ1) is 10.3. The van der Waals surface area contributed by atoms with Crippen LogP contribution in [0.25, 0.3) is 11.1 Å². The van der Waals surface area contributed by atoms with Crippen LogP contribution in [0.5, 0.6) is 0 Å². The summed E-state index contributed by atoms with van der Waals surface area (Å²) < 4.78 is 0. The highest BCUT2D eigenvalue weighted by Crippen LogP contribution is 2.25. The number of aliphatic imine (C=N–C) groups is 1. The van der Waals surface area contributed by atoms with Gasteiger partial charge in [0.2, 0.25) is 6.08 Å². The van der Waals surface area contributed by atoms with Gasteiger partial charge < -0.3 is 0 Å². The molecular weight excluding hydrogens is 198 g/mol. The first-order valence-corrected chi connectivity index (χ1v) is 5.04. The smallest absolute Gasteiger partial charge is 0.211 e. The number of carbonyl (C=O) groups excluding carboxylic acids is 1. The Morgan fingerprint density at radius 3 is 2.44 bits per heavy atom. The molecule has 0 heterocycles. The standard InChI is InChI=1S/C14H11NO/c1-11-7-13(9-14(8-11)15-10-16)12-5-3-2-4-6-12/h2-9H,1H3. The minimum absolute atomic E-state index is 0.647. The molecule has 2 aromatic carbocycles. The van der Waals surface area contributed by atoms with Crippen LogP contribution in [0.4, 0.5) is 5.69 Å². The predicted molar refractivity (Wildman–Crippen MR) is 64.4 cm³/mol. The average molecular weight is 209 g/mol. The normalized spacial score (nSPS) is 9.56. The number of isocyanates is 1. The molecule has 16 heavy (non-hydrogen) atoms. The lowest BCUT2D eigenvalue weighted by Crippen LogP contribution is -1.79. The van der Waals surface area contributed by atoms with Crippen molar-refractivity contribution in [1.29, 1.82) is 0 Å². The maximum atomic E-state index is 10.2. The highest BCUT2D eigenvalue weighted by molar-refractivity contribution is 5.69. The van der Waals surface area contributed by atoms with Gasteiger partial charge in [0.25, 0.3) is 0 Å². The Morgan fingerprint density at radius 1 is 1.00 bits per heavy atom.